The molecule has 0 aliphatic carbocycles. The van der Waals surface area contributed by atoms with Crippen molar-refractivity contribution < 1.29 is 18.3 Å². The number of halogens is 1. The van der Waals surface area contributed by atoms with E-state index >= 15 is 4.39 Å². The van der Waals surface area contributed by atoms with E-state index in [-0.39, 0.29) is 10.9 Å². The molecule has 216 valence electrons. The molecular weight excluding hydrogens is 541 g/mol. The highest BCUT2D eigenvalue weighted by molar-refractivity contribution is 6.74. The summed E-state index contributed by atoms with van der Waals surface area (Å²) in [5.41, 5.74) is 7.76. The number of ether oxygens (including phenoxy) is 1. The number of nitrogen functional groups attached to an aromatic ring is 1. The fourth-order valence-electron chi connectivity index (χ4n) is 5.02. The lowest BCUT2D eigenvalue weighted by atomic mass is 10.1. The van der Waals surface area contributed by atoms with Gasteiger partial charge in [0.15, 0.2) is 26.8 Å². The van der Waals surface area contributed by atoms with E-state index in [4.69, 9.17) is 19.9 Å². The summed E-state index contributed by atoms with van der Waals surface area (Å²) in [6.07, 6.45) is -0.947. The average Bonchev–Trinajstić information content (AvgIpc) is 3.44. The van der Waals surface area contributed by atoms with Crippen molar-refractivity contribution >= 4 is 53.5 Å². The van der Waals surface area contributed by atoms with Crippen molar-refractivity contribution in [3.8, 4) is 0 Å². The third-order valence-corrected chi connectivity index (χ3v) is 13.1. The summed E-state index contributed by atoms with van der Waals surface area (Å²) in [5.74, 6) is 0.719. The molecule has 3 N–H and O–H groups in total. The number of nitrogens with zero attached hydrogens (tertiary/aromatic N) is 5. The van der Waals surface area contributed by atoms with E-state index in [1.165, 1.54) is 6.33 Å². The molecule has 1 amide bonds. The minimum Gasteiger partial charge on any atom is -0.408 e. The van der Waals surface area contributed by atoms with Gasteiger partial charge in [0.25, 0.3) is 5.91 Å². The highest BCUT2D eigenvalue weighted by Crippen LogP contribution is 2.43. The predicted molar refractivity (Wildman–Crippen MR) is 160 cm³/mol. The van der Waals surface area contributed by atoms with Gasteiger partial charge >= 0.3 is 0 Å². The molecule has 2 saturated heterocycles. The molecule has 41 heavy (non-hydrogen) atoms. The van der Waals surface area contributed by atoms with Gasteiger partial charge in [-0.15, -0.1) is 0 Å². The summed E-state index contributed by atoms with van der Waals surface area (Å²) in [5, 5.41) is 4.28. The molecule has 2 aliphatic heterocycles. The standard InChI is InChI=1S/C29H36FN7O3Si/c1-29(2,3)41(4,5)40-23-22(30)28(37-14-11-19-25(31)32-16-33-26(19)37)39-24(23)27(38)34-18-9-7-17-8-10-21(35-20(17)15-18)36-12-6-13-36/h7-11,14-16,22-24,28H,6,12-13H2,1-5H3,(H,34,38)(H2,31,32,33)/t22-,23?,24-,28+/m0/s1. The molecular formula is C29H36FN7O3Si. The van der Waals surface area contributed by atoms with Gasteiger partial charge in [0.2, 0.25) is 0 Å². The zero-order valence-electron chi connectivity index (χ0n) is 24.0. The first-order valence-electron chi connectivity index (χ1n) is 13.9. The monoisotopic (exact) mass is 577 g/mol. The lowest BCUT2D eigenvalue weighted by molar-refractivity contribution is -0.131. The molecule has 2 aliphatic rings. The van der Waals surface area contributed by atoms with Gasteiger partial charge < -0.3 is 29.7 Å². The van der Waals surface area contributed by atoms with Gasteiger partial charge in [-0.2, -0.15) is 0 Å². The van der Waals surface area contributed by atoms with Gasteiger partial charge in [-0.25, -0.2) is 19.3 Å². The van der Waals surface area contributed by atoms with E-state index in [0.29, 0.717) is 16.7 Å². The largest absolute Gasteiger partial charge is 0.408 e. The fraction of sp³-hybridized carbons (Fsp3) is 0.448. The van der Waals surface area contributed by atoms with Crippen LogP contribution in [0.4, 0.5) is 21.7 Å². The summed E-state index contributed by atoms with van der Waals surface area (Å²) < 4.78 is 30.6. The van der Waals surface area contributed by atoms with Crippen molar-refractivity contribution in [3.05, 3.63) is 48.9 Å². The third-order valence-electron chi connectivity index (χ3n) is 8.61. The van der Waals surface area contributed by atoms with Crippen LogP contribution in [-0.2, 0) is 14.0 Å². The molecule has 0 spiro atoms. The fourth-order valence-corrected chi connectivity index (χ4v) is 6.31. The molecule has 12 heteroatoms. The molecule has 1 unspecified atom stereocenters. The van der Waals surface area contributed by atoms with E-state index in [1.54, 1.807) is 16.8 Å². The number of carbonyl (C=O) groups excluding carboxylic acids is 1. The van der Waals surface area contributed by atoms with E-state index < -0.39 is 38.8 Å². The van der Waals surface area contributed by atoms with Crippen molar-refractivity contribution in [1.82, 2.24) is 19.5 Å². The van der Waals surface area contributed by atoms with Crippen LogP contribution in [0.5, 0.6) is 0 Å². The van der Waals surface area contributed by atoms with Gasteiger partial charge in [-0.3, -0.25) is 4.79 Å². The highest BCUT2D eigenvalue weighted by atomic mass is 28.4. The van der Waals surface area contributed by atoms with Crippen LogP contribution in [-0.4, -0.2) is 65.2 Å². The summed E-state index contributed by atoms with van der Waals surface area (Å²) >= 11 is 0. The number of alkyl halides is 1. The quantitative estimate of drug-likeness (QED) is 0.306. The molecule has 10 nitrogen and oxygen atoms in total. The number of benzene rings is 1. The van der Waals surface area contributed by atoms with Crippen LogP contribution >= 0.6 is 0 Å². The van der Waals surface area contributed by atoms with Crippen LogP contribution in [0, 0.1) is 0 Å². The van der Waals surface area contributed by atoms with Crippen molar-refractivity contribution in [3.63, 3.8) is 0 Å². The molecule has 6 rings (SSSR count). The molecule has 3 aromatic heterocycles. The lowest BCUT2D eigenvalue weighted by Gasteiger charge is -2.39. The number of rotatable bonds is 6. The number of carbonyl (C=O) groups is 1. The second kappa shape index (κ2) is 10.0. The maximum Gasteiger partial charge on any atom is 0.256 e. The van der Waals surface area contributed by atoms with E-state index in [2.05, 4.69) is 41.0 Å². The maximum atomic E-state index is 16.4. The Hall–Kier alpha value is -3.61. The second-order valence-corrected chi connectivity index (χ2v) is 17.1. The third kappa shape index (κ3) is 4.93. The lowest BCUT2D eigenvalue weighted by Crippen LogP contribution is -2.50. The van der Waals surface area contributed by atoms with Crippen LogP contribution in [0.1, 0.15) is 33.4 Å². The number of hydrogen-bond acceptors (Lipinski definition) is 8. The Kier molecular flexibility index (Phi) is 6.74. The van der Waals surface area contributed by atoms with Crippen LogP contribution in [0.2, 0.25) is 18.1 Å². The molecule has 0 saturated carbocycles. The van der Waals surface area contributed by atoms with Crippen molar-refractivity contribution in [1.29, 1.82) is 0 Å². The Balaban J connectivity index is 1.31. The van der Waals surface area contributed by atoms with E-state index in [1.807, 2.05) is 43.4 Å². The number of fused-ring (bicyclic) bond motifs is 2. The SMILES string of the molecule is CC(C)(C)[Si](C)(C)OC1[C@@H](C(=O)Nc2ccc3ccc(N4CCC4)nc3c2)O[C@@H](n2ccc3c(N)ncnc32)[C@H]1F. The van der Waals surface area contributed by atoms with Crippen LogP contribution in [0.15, 0.2) is 48.9 Å². The Morgan fingerprint density at radius 1 is 1.17 bits per heavy atom. The summed E-state index contributed by atoms with van der Waals surface area (Å²) in [6.45, 7) is 12.3. The molecule has 5 heterocycles. The highest BCUT2D eigenvalue weighted by Gasteiger charge is 2.54. The van der Waals surface area contributed by atoms with Gasteiger partial charge in [0, 0.05) is 30.4 Å². The van der Waals surface area contributed by atoms with Crippen LogP contribution in [0.3, 0.4) is 0 Å². The number of nitrogens with one attached hydrogen (secondary N) is 1. The molecule has 2 fully saturated rings. The van der Waals surface area contributed by atoms with Crippen molar-refractivity contribution in [2.24, 2.45) is 0 Å². The van der Waals surface area contributed by atoms with Gasteiger partial charge in [-0.1, -0.05) is 26.8 Å². The second-order valence-electron chi connectivity index (χ2n) is 12.4. The molecule has 4 atom stereocenters. The summed E-state index contributed by atoms with van der Waals surface area (Å²) in [7, 11) is -2.49. The van der Waals surface area contributed by atoms with E-state index in [0.717, 1.165) is 36.2 Å². The van der Waals surface area contributed by atoms with Crippen LogP contribution < -0.4 is 16.0 Å². The summed E-state index contributed by atoms with van der Waals surface area (Å²) in [6, 6.07) is 11.3. The predicted octanol–water partition coefficient (Wildman–Crippen LogP) is 5.04. The Morgan fingerprint density at radius 3 is 2.63 bits per heavy atom. The van der Waals surface area contributed by atoms with E-state index in [9.17, 15) is 4.79 Å². The molecule has 4 aromatic rings. The average molecular weight is 578 g/mol. The number of amides is 1. The maximum absolute atomic E-state index is 16.4. The Bertz CT molecular complexity index is 1620. The number of nitrogens with two attached hydrogens (primary N) is 1. The molecule has 0 bridgehead atoms. The number of aromatic nitrogens is 4. The van der Waals surface area contributed by atoms with Crippen LogP contribution in [0.25, 0.3) is 21.9 Å². The van der Waals surface area contributed by atoms with Gasteiger partial charge in [0.05, 0.1) is 10.9 Å². The normalized spacial score (nSPS) is 23.2. The summed E-state index contributed by atoms with van der Waals surface area (Å²) in [4.78, 5) is 29.1. The molecule has 1 aromatic carbocycles. The minimum absolute atomic E-state index is 0.203. The first-order valence-corrected chi connectivity index (χ1v) is 16.8. The number of pyridine rings is 1. The van der Waals surface area contributed by atoms with Gasteiger partial charge in [0.1, 0.15) is 29.7 Å². The van der Waals surface area contributed by atoms with Crippen molar-refractivity contribution in [2.75, 3.05) is 29.0 Å². The molecule has 0 radical (unpaired) electrons. The first kappa shape index (κ1) is 27.6. The topological polar surface area (TPSA) is 120 Å². The number of anilines is 3. The van der Waals surface area contributed by atoms with Crippen molar-refractivity contribution in [2.45, 2.75) is 69.9 Å². The minimum atomic E-state index is -2.49. The number of hydrogen-bond donors (Lipinski definition) is 2. The van der Waals surface area contributed by atoms with Gasteiger partial charge in [-0.05, 0) is 54.9 Å². The Labute approximate surface area is 239 Å². The smallest absolute Gasteiger partial charge is 0.256 e. The zero-order valence-corrected chi connectivity index (χ0v) is 25.0. The first-order chi connectivity index (χ1) is 19.4. The zero-order chi connectivity index (χ0) is 29.1. The Morgan fingerprint density at radius 2 is 1.93 bits per heavy atom.